The van der Waals surface area contributed by atoms with Crippen molar-refractivity contribution < 1.29 is 9.90 Å². The molecule has 0 saturated heterocycles. The van der Waals surface area contributed by atoms with Crippen molar-refractivity contribution in [2.45, 2.75) is 6.54 Å². The van der Waals surface area contributed by atoms with Gasteiger partial charge in [0.1, 0.15) is 16.0 Å². The summed E-state index contributed by atoms with van der Waals surface area (Å²) in [5, 5.41) is 14.7. The van der Waals surface area contributed by atoms with Gasteiger partial charge >= 0.3 is 5.97 Å². The zero-order chi connectivity index (χ0) is 12.3. The van der Waals surface area contributed by atoms with Crippen LogP contribution in [0, 0.1) is 0 Å². The Morgan fingerprint density at radius 2 is 2.35 bits per heavy atom. The Labute approximate surface area is 106 Å². The second-order valence-corrected chi connectivity index (χ2v) is 4.51. The Kier molecular flexibility index (Phi) is 3.55. The van der Waals surface area contributed by atoms with Gasteiger partial charge in [-0.25, -0.2) is 14.8 Å². The van der Waals surface area contributed by atoms with E-state index in [0.717, 1.165) is 5.01 Å². The lowest BCUT2D eigenvalue weighted by Gasteiger charge is -2.05. The Hall–Kier alpha value is -1.66. The number of halogens is 1. The van der Waals surface area contributed by atoms with E-state index >= 15 is 0 Å². The molecule has 88 valence electrons. The molecule has 0 amide bonds. The summed E-state index contributed by atoms with van der Waals surface area (Å²) in [6, 6.07) is 2.74. The molecule has 0 aromatic carbocycles. The fraction of sp³-hybridized carbons (Fsp3) is 0.100. The maximum absolute atomic E-state index is 10.8. The minimum Gasteiger partial charge on any atom is -0.478 e. The number of rotatable bonds is 4. The van der Waals surface area contributed by atoms with E-state index in [1.54, 1.807) is 6.20 Å². The second-order valence-electron chi connectivity index (χ2n) is 3.15. The molecular formula is C10H8ClN3O2S. The van der Waals surface area contributed by atoms with Gasteiger partial charge < -0.3 is 10.4 Å². The molecule has 0 radical (unpaired) electrons. The van der Waals surface area contributed by atoms with Crippen molar-refractivity contribution >= 4 is 34.7 Å². The highest BCUT2D eigenvalue weighted by molar-refractivity contribution is 7.09. The van der Waals surface area contributed by atoms with Gasteiger partial charge in [0.2, 0.25) is 0 Å². The molecule has 2 heterocycles. The van der Waals surface area contributed by atoms with Crippen LogP contribution in [0.3, 0.4) is 0 Å². The lowest BCUT2D eigenvalue weighted by Crippen LogP contribution is -2.04. The number of aromatic carboxylic acids is 1. The molecule has 2 N–H and O–H groups in total. The molecule has 7 heteroatoms. The molecule has 2 rings (SSSR count). The number of carboxylic acid groups (broad SMARTS) is 1. The van der Waals surface area contributed by atoms with Gasteiger partial charge in [-0.3, -0.25) is 0 Å². The molecule has 17 heavy (non-hydrogen) atoms. The molecule has 0 aliphatic heterocycles. The summed E-state index contributed by atoms with van der Waals surface area (Å²) in [5.41, 5.74) is 0.103. The van der Waals surface area contributed by atoms with Crippen molar-refractivity contribution in [2.75, 3.05) is 5.32 Å². The van der Waals surface area contributed by atoms with E-state index in [1.165, 1.54) is 23.5 Å². The van der Waals surface area contributed by atoms with Crippen molar-refractivity contribution in [1.82, 2.24) is 9.97 Å². The summed E-state index contributed by atoms with van der Waals surface area (Å²) in [6.07, 6.45) is 1.70. The lowest BCUT2D eigenvalue weighted by atomic mass is 10.2. The molecule has 5 nitrogen and oxygen atoms in total. The third-order valence-electron chi connectivity index (χ3n) is 1.95. The van der Waals surface area contributed by atoms with E-state index < -0.39 is 5.97 Å². The van der Waals surface area contributed by atoms with Crippen LogP contribution in [0.4, 0.5) is 5.82 Å². The van der Waals surface area contributed by atoms with Crippen LogP contribution in [0.2, 0.25) is 5.15 Å². The maximum atomic E-state index is 10.8. The summed E-state index contributed by atoms with van der Waals surface area (Å²) < 4.78 is 0. The number of aromatic nitrogens is 2. The van der Waals surface area contributed by atoms with Gasteiger partial charge in [0.25, 0.3) is 0 Å². The van der Waals surface area contributed by atoms with Crippen LogP contribution in [0.1, 0.15) is 15.4 Å². The number of anilines is 1. The van der Waals surface area contributed by atoms with E-state index in [9.17, 15) is 4.79 Å². The van der Waals surface area contributed by atoms with E-state index in [2.05, 4.69) is 15.3 Å². The minimum atomic E-state index is -1.04. The van der Waals surface area contributed by atoms with Crippen LogP contribution in [0.5, 0.6) is 0 Å². The molecule has 2 aromatic heterocycles. The smallest absolute Gasteiger partial charge is 0.335 e. The van der Waals surface area contributed by atoms with E-state index in [-0.39, 0.29) is 10.7 Å². The Bertz CT molecular complexity index is 530. The van der Waals surface area contributed by atoms with Crippen LogP contribution in [-0.2, 0) is 6.54 Å². The monoisotopic (exact) mass is 269 g/mol. The molecule has 0 atom stereocenters. The fourth-order valence-electron chi connectivity index (χ4n) is 1.22. The Morgan fingerprint density at radius 3 is 3.00 bits per heavy atom. The lowest BCUT2D eigenvalue weighted by molar-refractivity contribution is 0.0697. The first-order chi connectivity index (χ1) is 8.15. The van der Waals surface area contributed by atoms with E-state index in [4.69, 9.17) is 16.7 Å². The quantitative estimate of drug-likeness (QED) is 0.834. The van der Waals surface area contributed by atoms with Gasteiger partial charge in [0.05, 0.1) is 12.1 Å². The van der Waals surface area contributed by atoms with Crippen molar-refractivity contribution in [3.05, 3.63) is 39.4 Å². The summed E-state index contributed by atoms with van der Waals surface area (Å²) in [6.45, 7) is 0.490. The number of nitrogens with zero attached hydrogens (tertiary/aromatic N) is 2. The van der Waals surface area contributed by atoms with Crippen molar-refractivity contribution in [3.63, 3.8) is 0 Å². The van der Waals surface area contributed by atoms with Crippen molar-refractivity contribution in [1.29, 1.82) is 0 Å². The summed E-state index contributed by atoms with van der Waals surface area (Å²) in [7, 11) is 0. The van der Waals surface area contributed by atoms with Crippen LogP contribution >= 0.6 is 22.9 Å². The van der Waals surface area contributed by atoms with Crippen molar-refractivity contribution in [2.24, 2.45) is 0 Å². The zero-order valence-corrected chi connectivity index (χ0v) is 10.1. The maximum Gasteiger partial charge on any atom is 0.335 e. The molecule has 0 aliphatic rings. The molecule has 2 aromatic rings. The minimum absolute atomic E-state index is 0.103. The topological polar surface area (TPSA) is 75.1 Å². The van der Waals surface area contributed by atoms with Crippen LogP contribution in [0.15, 0.2) is 23.7 Å². The van der Waals surface area contributed by atoms with Gasteiger partial charge in [-0.15, -0.1) is 11.3 Å². The molecular weight excluding hydrogens is 262 g/mol. The molecule has 0 spiro atoms. The highest BCUT2D eigenvalue weighted by Crippen LogP contribution is 2.15. The molecule has 0 bridgehead atoms. The number of nitrogens with one attached hydrogen (secondary N) is 1. The highest BCUT2D eigenvalue weighted by atomic mass is 35.5. The van der Waals surface area contributed by atoms with Gasteiger partial charge in [-0.2, -0.15) is 0 Å². The van der Waals surface area contributed by atoms with Gasteiger partial charge in [0.15, 0.2) is 0 Å². The highest BCUT2D eigenvalue weighted by Gasteiger charge is 2.07. The number of hydrogen-bond acceptors (Lipinski definition) is 5. The average Bonchev–Trinajstić information content (AvgIpc) is 2.78. The third-order valence-corrected chi connectivity index (χ3v) is 2.92. The normalized spacial score (nSPS) is 10.2. The summed E-state index contributed by atoms with van der Waals surface area (Å²) in [4.78, 5) is 18.9. The fourth-order valence-corrected chi connectivity index (χ4v) is 1.98. The molecule has 0 unspecified atom stereocenters. The Balaban J connectivity index is 2.13. The predicted octanol–water partition coefficient (Wildman–Crippen LogP) is 2.50. The third kappa shape index (κ3) is 3.15. The summed E-state index contributed by atoms with van der Waals surface area (Å²) in [5.74, 6) is -0.614. The van der Waals surface area contributed by atoms with E-state index in [1.807, 2.05) is 5.38 Å². The standard InChI is InChI=1S/C10H8ClN3O2S/c11-7-3-6(10(15)16)4-8(14-7)13-5-9-12-1-2-17-9/h1-4H,5H2,(H,13,14)(H,15,16). The second kappa shape index (κ2) is 5.11. The number of thiazole rings is 1. The van der Waals surface area contributed by atoms with Crippen molar-refractivity contribution in [3.8, 4) is 0 Å². The first kappa shape index (κ1) is 11.8. The largest absolute Gasteiger partial charge is 0.478 e. The zero-order valence-electron chi connectivity index (χ0n) is 8.55. The first-order valence-electron chi connectivity index (χ1n) is 4.68. The number of hydrogen-bond donors (Lipinski definition) is 2. The Morgan fingerprint density at radius 1 is 1.53 bits per heavy atom. The molecule has 0 aliphatic carbocycles. The predicted molar refractivity (Wildman–Crippen MR) is 65.6 cm³/mol. The van der Waals surface area contributed by atoms with Crippen LogP contribution in [0.25, 0.3) is 0 Å². The number of carbonyl (C=O) groups is 1. The van der Waals surface area contributed by atoms with Gasteiger partial charge in [0, 0.05) is 11.6 Å². The molecule has 0 saturated carbocycles. The van der Waals surface area contributed by atoms with Crippen LogP contribution < -0.4 is 5.32 Å². The summed E-state index contributed by atoms with van der Waals surface area (Å²) >= 11 is 7.23. The van der Waals surface area contributed by atoms with Crippen LogP contribution in [-0.4, -0.2) is 21.0 Å². The average molecular weight is 270 g/mol. The van der Waals surface area contributed by atoms with E-state index in [0.29, 0.717) is 12.4 Å². The SMILES string of the molecule is O=C(O)c1cc(Cl)nc(NCc2nccs2)c1. The molecule has 0 fully saturated rings. The first-order valence-corrected chi connectivity index (χ1v) is 5.94. The number of carboxylic acids is 1. The van der Waals surface area contributed by atoms with Gasteiger partial charge in [-0.1, -0.05) is 11.6 Å². The number of pyridine rings is 1. The van der Waals surface area contributed by atoms with Gasteiger partial charge in [-0.05, 0) is 12.1 Å².